The normalized spacial score (nSPS) is 10.2. The lowest BCUT2D eigenvalue weighted by Gasteiger charge is -2.11. The maximum absolute atomic E-state index is 12.3. The molecule has 0 aliphatic carbocycles. The van der Waals surface area contributed by atoms with E-state index in [1.54, 1.807) is 25.3 Å². The molecule has 5 heteroatoms. The Kier molecular flexibility index (Phi) is 5.95. The second kappa shape index (κ2) is 8.15. The molecule has 2 N–H and O–H groups in total. The zero-order chi connectivity index (χ0) is 17.5. The number of carboxylic acid groups (broad SMARTS) is 1. The molecular weight excluding hydrogens is 306 g/mol. The van der Waals surface area contributed by atoms with E-state index in [-0.39, 0.29) is 18.7 Å². The molecule has 0 aliphatic heterocycles. The summed E-state index contributed by atoms with van der Waals surface area (Å²) in [6.45, 7) is 1.97. The maximum Gasteiger partial charge on any atom is 0.303 e. The summed E-state index contributed by atoms with van der Waals surface area (Å²) in [6, 6.07) is 13.0. The minimum Gasteiger partial charge on any atom is -0.496 e. The first-order valence-electron chi connectivity index (χ1n) is 7.72. The van der Waals surface area contributed by atoms with Crippen LogP contribution >= 0.6 is 0 Å². The second-order valence-corrected chi connectivity index (χ2v) is 5.63. The smallest absolute Gasteiger partial charge is 0.303 e. The van der Waals surface area contributed by atoms with E-state index in [0.29, 0.717) is 17.9 Å². The highest BCUT2D eigenvalue weighted by Gasteiger charge is 2.10. The summed E-state index contributed by atoms with van der Waals surface area (Å²) in [7, 11) is 1.58. The van der Waals surface area contributed by atoms with E-state index in [9.17, 15) is 9.59 Å². The number of ether oxygens (including phenoxy) is 1. The molecule has 1 amide bonds. The molecule has 0 radical (unpaired) electrons. The van der Waals surface area contributed by atoms with Gasteiger partial charge in [-0.2, -0.15) is 0 Å². The Hall–Kier alpha value is -2.82. The first-order chi connectivity index (χ1) is 11.5. The van der Waals surface area contributed by atoms with E-state index in [2.05, 4.69) is 5.32 Å². The molecule has 5 nitrogen and oxygen atoms in total. The molecular formula is C19H21NO4. The summed E-state index contributed by atoms with van der Waals surface area (Å²) >= 11 is 0. The Morgan fingerprint density at radius 3 is 2.67 bits per heavy atom. The Morgan fingerprint density at radius 1 is 1.17 bits per heavy atom. The number of benzene rings is 2. The van der Waals surface area contributed by atoms with Crippen molar-refractivity contribution in [2.24, 2.45) is 0 Å². The van der Waals surface area contributed by atoms with Gasteiger partial charge in [0.2, 0.25) is 5.91 Å². The van der Waals surface area contributed by atoms with Crippen LogP contribution in [0.2, 0.25) is 0 Å². The Labute approximate surface area is 141 Å². The summed E-state index contributed by atoms with van der Waals surface area (Å²) in [6.07, 6.45) is 0.715. The molecule has 0 unspecified atom stereocenters. The van der Waals surface area contributed by atoms with Crippen LogP contribution in [-0.2, 0) is 22.4 Å². The van der Waals surface area contributed by atoms with Crippen LogP contribution in [0.3, 0.4) is 0 Å². The lowest BCUT2D eigenvalue weighted by molar-refractivity contribution is -0.137. The molecule has 2 aromatic carbocycles. The van der Waals surface area contributed by atoms with Crippen LogP contribution < -0.4 is 10.1 Å². The predicted octanol–water partition coefficient (Wildman–Crippen LogP) is 3.20. The number of anilines is 1. The maximum atomic E-state index is 12.3. The number of hydrogen-bond acceptors (Lipinski definition) is 3. The second-order valence-electron chi connectivity index (χ2n) is 5.63. The summed E-state index contributed by atoms with van der Waals surface area (Å²) < 4.78 is 5.29. The van der Waals surface area contributed by atoms with Crippen molar-refractivity contribution in [3.05, 3.63) is 59.2 Å². The van der Waals surface area contributed by atoms with Crippen LogP contribution in [0.4, 0.5) is 5.69 Å². The van der Waals surface area contributed by atoms with Crippen LogP contribution in [0, 0.1) is 6.92 Å². The van der Waals surface area contributed by atoms with Crippen molar-refractivity contribution >= 4 is 17.6 Å². The van der Waals surface area contributed by atoms with E-state index in [1.165, 1.54) is 0 Å². The fraction of sp³-hybridized carbons (Fsp3) is 0.263. The molecule has 0 aromatic heterocycles. The van der Waals surface area contributed by atoms with Gasteiger partial charge in [-0.25, -0.2) is 0 Å². The van der Waals surface area contributed by atoms with Crippen LogP contribution in [0.5, 0.6) is 5.75 Å². The number of carbonyl (C=O) groups is 2. The molecule has 0 saturated heterocycles. The van der Waals surface area contributed by atoms with Crippen LogP contribution in [-0.4, -0.2) is 24.1 Å². The molecule has 0 saturated carbocycles. The highest BCUT2D eigenvalue weighted by Crippen LogP contribution is 2.21. The molecule has 0 atom stereocenters. The number of aliphatic carboxylic acids is 1. The zero-order valence-corrected chi connectivity index (χ0v) is 13.8. The van der Waals surface area contributed by atoms with Crippen molar-refractivity contribution in [1.82, 2.24) is 0 Å². The quantitative estimate of drug-likeness (QED) is 0.819. The van der Waals surface area contributed by atoms with Crippen molar-refractivity contribution < 1.29 is 19.4 Å². The number of carbonyl (C=O) groups excluding carboxylic acids is 1. The third kappa shape index (κ3) is 5.12. The summed E-state index contributed by atoms with van der Waals surface area (Å²) in [5.74, 6) is -0.295. The molecule has 0 spiro atoms. The van der Waals surface area contributed by atoms with Crippen LogP contribution in [0.25, 0.3) is 0 Å². The van der Waals surface area contributed by atoms with Crippen molar-refractivity contribution in [1.29, 1.82) is 0 Å². The lowest BCUT2D eigenvalue weighted by Crippen LogP contribution is -2.15. The monoisotopic (exact) mass is 327 g/mol. The van der Waals surface area contributed by atoms with Gasteiger partial charge in [0, 0.05) is 17.7 Å². The van der Waals surface area contributed by atoms with E-state index >= 15 is 0 Å². The van der Waals surface area contributed by atoms with Crippen molar-refractivity contribution in [2.45, 2.75) is 26.2 Å². The Morgan fingerprint density at radius 2 is 1.96 bits per heavy atom. The summed E-state index contributed by atoms with van der Waals surface area (Å²) in [5, 5.41) is 11.6. The first-order valence-corrected chi connectivity index (χ1v) is 7.72. The number of amides is 1. The van der Waals surface area contributed by atoms with Gasteiger partial charge in [0.15, 0.2) is 0 Å². The molecule has 126 valence electrons. The van der Waals surface area contributed by atoms with Crippen LogP contribution in [0.1, 0.15) is 23.1 Å². The zero-order valence-electron chi connectivity index (χ0n) is 13.8. The van der Waals surface area contributed by atoms with Gasteiger partial charge in [-0.1, -0.05) is 29.8 Å². The fourth-order valence-electron chi connectivity index (χ4n) is 2.48. The molecule has 0 fully saturated rings. The molecule has 0 aliphatic rings. The van der Waals surface area contributed by atoms with Gasteiger partial charge in [-0.15, -0.1) is 0 Å². The van der Waals surface area contributed by atoms with E-state index < -0.39 is 5.97 Å². The number of methoxy groups -OCH3 is 1. The topological polar surface area (TPSA) is 75.6 Å². The number of nitrogens with one attached hydrogen (secondary N) is 1. The molecule has 2 rings (SSSR count). The molecule has 2 aromatic rings. The number of rotatable bonds is 7. The van der Waals surface area contributed by atoms with E-state index in [4.69, 9.17) is 9.84 Å². The highest BCUT2D eigenvalue weighted by molar-refractivity contribution is 5.92. The highest BCUT2D eigenvalue weighted by atomic mass is 16.5. The molecule has 24 heavy (non-hydrogen) atoms. The average Bonchev–Trinajstić information content (AvgIpc) is 2.53. The van der Waals surface area contributed by atoms with Gasteiger partial charge in [0.05, 0.1) is 13.5 Å². The third-order valence-corrected chi connectivity index (χ3v) is 3.63. The number of aryl methyl sites for hydroxylation is 2. The SMILES string of the molecule is COc1ccc(C)cc1CC(=O)Nc1cccc(CCC(=O)O)c1. The fourth-order valence-corrected chi connectivity index (χ4v) is 2.48. The van der Waals surface area contributed by atoms with Gasteiger partial charge in [0.25, 0.3) is 0 Å². The minimum absolute atomic E-state index is 0.0674. The summed E-state index contributed by atoms with van der Waals surface area (Å²) in [5.41, 5.74) is 3.43. The Balaban J connectivity index is 2.03. The van der Waals surface area contributed by atoms with Gasteiger partial charge >= 0.3 is 5.97 Å². The minimum atomic E-state index is -0.837. The van der Waals surface area contributed by atoms with Gasteiger partial charge in [-0.3, -0.25) is 9.59 Å². The van der Waals surface area contributed by atoms with Gasteiger partial charge in [-0.05, 0) is 37.1 Å². The van der Waals surface area contributed by atoms with Crippen molar-refractivity contribution in [3.8, 4) is 5.75 Å². The van der Waals surface area contributed by atoms with E-state index in [1.807, 2.05) is 31.2 Å². The van der Waals surface area contributed by atoms with Crippen LogP contribution in [0.15, 0.2) is 42.5 Å². The lowest BCUT2D eigenvalue weighted by atomic mass is 10.1. The average molecular weight is 327 g/mol. The predicted molar refractivity (Wildman–Crippen MR) is 92.5 cm³/mol. The van der Waals surface area contributed by atoms with Gasteiger partial charge < -0.3 is 15.2 Å². The van der Waals surface area contributed by atoms with Crippen molar-refractivity contribution in [2.75, 3.05) is 12.4 Å². The third-order valence-electron chi connectivity index (χ3n) is 3.63. The Bertz CT molecular complexity index is 740. The number of hydrogen-bond donors (Lipinski definition) is 2. The van der Waals surface area contributed by atoms with Gasteiger partial charge in [0.1, 0.15) is 5.75 Å². The standard InChI is InChI=1S/C19H21NO4/c1-13-6-8-17(24-2)15(10-13)12-18(21)20-16-5-3-4-14(11-16)7-9-19(22)23/h3-6,8,10-11H,7,9,12H2,1-2H3,(H,20,21)(H,22,23). The summed E-state index contributed by atoms with van der Waals surface area (Å²) in [4.78, 5) is 22.9. The molecule has 0 bridgehead atoms. The molecule has 0 heterocycles. The largest absolute Gasteiger partial charge is 0.496 e. The van der Waals surface area contributed by atoms with E-state index in [0.717, 1.165) is 16.7 Å². The first kappa shape index (κ1) is 17.5. The number of carboxylic acids is 1. The van der Waals surface area contributed by atoms with Crippen molar-refractivity contribution in [3.63, 3.8) is 0 Å².